The van der Waals surface area contributed by atoms with Crippen molar-refractivity contribution >= 4 is 0 Å². The quantitative estimate of drug-likeness (QED) is 0.839. The summed E-state index contributed by atoms with van der Waals surface area (Å²) in [7, 11) is 0. The second-order valence-corrected chi connectivity index (χ2v) is 6.64. The van der Waals surface area contributed by atoms with Crippen LogP contribution >= 0.6 is 0 Å². The number of ether oxygens (including phenoxy) is 3. The average Bonchev–Trinajstić information content (AvgIpc) is 2.94. The van der Waals surface area contributed by atoms with Gasteiger partial charge in [-0.2, -0.15) is 0 Å². The molecule has 0 saturated carbocycles. The highest BCUT2D eigenvalue weighted by Crippen LogP contribution is 2.46. The van der Waals surface area contributed by atoms with E-state index in [1.54, 1.807) is 0 Å². The van der Waals surface area contributed by atoms with E-state index in [0.29, 0.717) is 5.92 Å². The van der Waals surface area contributed by atoms with Gasteiger partial charge in [-0.1, -0.05) is 44.2 Å². The standard InChI is InChI=1S/C18H26O3/c1-5-13-14(6-2)21-18(3,4)16-15(13)19-17(20-16)12-10-8-7-9-11-12/h7-11,13-17H,5-6H2,1-4H3/t13?,14?,15-,16-,17?/m0/s1. The maximum Gasteiger partial charge on any atom is 0.184 e. The Morgan fingerprint density at radius 3 is 2.33 bits per heavy atom. The van der Waals surface area contributed by atoms with E-state index in [2.05, 4.69) is 39.8 Å². The van der Waals surface area contributed by atoms with E-state index < -0.39 is 0 Å². The van der Waals surface area contributed by atoms with E-state index in [1.807, 2.05) is 18.2 Å². The number of rotatable bonds is 3. The Balaban J connectivity index is 1.87. The molecule has 3 rings (SSSR count). The van der Waals surface area contributed by atoms with Gasteiger partial charge in [-0.05, 0) is 26.7 Å². The third kappa shape index (κ3) is 2.63. The average molecular weight is 290 g/mol. The second kappa shape index (κ2) is 5.71. The Labute approximate surface area is 127 Å². The first kappa shape index (κ1) is 15.0. The molecule has 0 amide bonds. The monoisotopic (exact) mass is 290 g/mol. The lowest BCUT2D eigenvalue weighted by Crippen LogP contribution is -2.57. The largest absolute Gasteiger partial charge is 0.369 e. The molecule has 0 N–H and O–H groups in total. The van der Waals surface area contributed by atoms with Gasteiger partial charge in [-0.15, -0.1) is 0 Å². The van der Waals surface area contributed by atoms with Crippen LogP contribution in [0.3, 0.4) is 0 Å². The maximum absolute atomic E-state index is 6.32. The molecule has 3 unspecified atom stereocenters. The van der Waals surface area contributed by atoms with E-state index >= 15 is 0 Å². The van der Waals surface area contributed by atoms with Crippen LogP contribution in [0.15, 0.2) is 30.3 Å². The maximum atomic E-state index is 6.32. The zero-order valence-corrected chi connectivity index (χ0v) is 13.4. The minimum absolute atomic E-state index is 0.00421. The van der Waals surface area contributed by atoms with Gasteiger partial charge in [0.2, 0.25) is 0 Å². The van der Waals surface area contributed by atoms with Gasteiger partial charge in [-0.25, -0.2) is 0 Å². The molecule has 0 aromatic heterocycles. The molecule has 0 radical (unpaired) electrons. The van der Waals surface area contributed by atoms with Crippen molar-refractivity contribution in [1.82, 2.24) is 0 Å². The molecule has 21 heavy (non-hydrogen) atoms. The van der Waals surface area contributed by atoms with Gasteiger partial charge in [0, 0.05) is 11.5 Å². The molecule has 5 atom stereocenters. The molecule has 3 nitrogen and oxygen atoms in total. The molecule has 2 aliphatic rings. The predicted octanol–water partition coefficient (Wildman–Crippen LogP) is 4.08. The summed E-state index contributed by atoms with van der Waals surface area (Å²) in [5.41, 5.74) is 0.784. The molecule has 1 aromatic rings. The molecule has 3 heteroatoms. The van der Waals surface area contributed by atoms with Crippen molar-refractivity contribution in [3.8, 4) is 0 Å². The van der Waals surface area contributed by atoms with Crippen molar-refractivity contribution in [3.05, 3.63) is 35.9 Å². The molecule has 1 aromatic carbocycles. The van der Waals surface area contributed by atoms with Crippen LogP contribution in [0.25, 0.3) is 0 Å². The van der Waals surface area contributed by atoms with Crippen molar-refractivity contribution in [2.75, 3.05) is 0 Å². The third-order valence-electron chi connectivity index (χ3n) is 4.83. The van der Waals surface area contributed by atoms with Crippen LogP contribution in [0, 0.1) is 5.92 Å². The molecule has 2 saturated heterocycles. The third-order valence-corrected chi connectivity index (χ3v) is 4.83. The Hall–Kier alpha value is -0.900. The first-order valence-corrected chi connectivity index (χ1v) is 8.10. The minimum atomic E-state index is -0.305. The molecule has 2 fully saturated rings. The van der Waals surface area contributed by atoms with Crippen LogP contribution < -0.4 is 0 Å². The normalized spacial score (nSPS) is 38.2. The lowest BCUT2D eigenvalue weighted by Gasteiger charge is -2.46. The fourth-order valence-electron chi connectivity index (χ4n) is 3.75. The van der Waals surface area contributed by atoms with Crippen LogP contribution in [0.4, 0.5) is 0 Å². The van der Waals surface area contributed by atoms with Crippen molar-refractivity contribution in [1.29, 1.82) is 0 Å². The van der Waals surface area contributed by atoms with Crippen LogP contribution in [0.1, 0.15) is 52.4 Å². The van der Waals surface area contributed by atoms with E-state index in [0.717, 1.165) is 18.4 Å². The molecule has 0 bridgehead atoms. The molecular weight excluding hydrogens is 264 g/mol. The molecule has 2 heterocycles. The topological polar surface area (TPSA) is 27.7 Å². The summed E-state index contributed by atoms with van der Waals surface area (Å²) in [6.45, 7) is 8.64. The second-order valence-electron chi connectivity index (χ2n) is 6.64. The summed E-state index contributed by atoms with van der Waals surface area (Å²) in [6.07, 6.45) is 2.17. The Kier molecular flexibility index (Phi) is 4.08. The van der Waals surface area contributed by atoms with Gasteiger partial charge in [0.25, 0.3) is 0 Å². The fraction of sp³-hybridized carbons (Fsp3) is 0.667. The number of hydrogen-bond donors (Lipinski definition) is 0. The van der Waals surface area contributed by atoms with Gasteiger partial charge >= 0.3 is 0 Å². The molecule has 0 spiro atoms. The van der Waals surface area contributed by atoms with Crippen molar-refractivity contribution in [2.45, 2.75) is 70.7 Å². The minimum Gasteiger partial charge on any atom is -0.369 e. The van der Waals surface area contributed by atoms with Crippen LogP contribution in [-0.2, 0) is 14.2 Å². The summed E-state index contributed by atoms with van der Waals surface area (Å²) in [4.78, 5) is 0. The van der Waals surface area contributed by atoms with Gasteiger partial charge in [0.1, 0.15) is 6.10 Å². The zero-order chi connectivity index (χ0) is 15.0. The smallest absolute Gasteiger partial charge is 0.184 e. The highest BCUT2D eigenvalue weighted by Gasteiger charge is 2.55. The van der Waals surface area contributed by atoms with Crippen LogP contribution in [0.2, 0.25) is 0 Å². The van der Waals surface area contributed by atoms with Crippen molar-refractivity contribution in [3.63, 3.8) is 0 Å². The van der Waals surface area contributed by atoms with Crippen LogP contribution in [-0.4, -0.2) is 23.9 Å². The molecular formula is C18H26O3. The Morgan fingerprint density at radius 2 is 1.71 bits per heavy atom. The highest BCUT2D eigenvalue weighted by atomic mass is 16.7. The lowest BCUT2D eigenvalue weighted by atomic mass is 9.79. The van der Waals surface area contributed by atoms with Gasteiger partial charge < -0.3 is 14.2 Å². The SMILES string of the molecule is CCC1OC(C)(C)[C@H]2OC(c3ccccc3)O[C@H]2C1CC. The Bertz CT molecular complexity index is 471. The van der Waals surface area contributed by atoms with Gasteiger partial charge in [0.05, 0.1) is 17.8 Å². The van der Waals surface area contributed by atoms with Gasteiger partial charge in [-0.3, -0.25) is 0 Å². The van der Waals surface area contributed by atoms with Crippen molar-refractivity contribution in [2.24, 2.45) is 5.92 Å². The summed E-state index contributed by atoms with van der Waals surface area (Å²) in [6, 6.07) is 10.2. The first-order chi connectivity index (χ1) is 10.1. The number of hydrogen-bond acceptors (Lipinski definition) is 3. The molecule has 116 valence electrons. The molecule has 0 aliphatic carbocycles. The zero-order valence-electron chi connectivity index (χ0n) is 13.4. The van der Waals surface area contributed by atoms with E-state index in [9.17, 15) is 0 Å². The van der Waals surface area contributed by atoms with E-state index in [1.165, 1.54) is 0 Å². The summed E-state index contributed by atoms with van der Waals surface area (Å²) >= 11 is 0. The van der Waals surface area contributed by atoms with E-state index in [4.69, 9.17) is 14.2 Å². The summed E-state index contributed by atoms with van der Waals surface area (Å²) < 4.78 is 18.9. The summed E-state index contributed by atoms with van der Waals surface area (Å²) in [5.74, 6) is 0.404. The van der Waals surface area contributed by atoms with E-state index in [-0.39, 0.29) is 30.2 Å². The van der Waals surface area contributed by atoms with Crippen molar-refractivity contribution < 1.29 is 14.2 Å². The van der Waals surface area contributed by atoms with Crippen LogP contribution in [0.5, 0.6) is 0 Å². The number of fused-ring (bicyclic) bond motifs is 1. The molecule has 2 aliphatic heterocycles. The lowest BCUT2D eigenvalue weighted by molar-refractivity contribution is -0.207. The summed E-state index contributed by atoms with van der Waals surface area (Å²) in [5, 5.41) is 0. The fourth-order valence-corrected chi connectivity index (χ4v) is 3.75. The Morgan fingerprint density at radius 1 is 1.00 bits per heavy atom. The number of benzene rings is 1. The highest BCUT2D eigenvalue weighted by molar-refractivity contribution is 5.17. The van der Waals surface area contributed by atoms with Gasteiger partial charge in [0.15, 0.2) is 6.29 Å². The first-order valence-electron chi connectivity index (χ1n) is 8.10. The predicted molar refractivity (Wildman–Crippen MR) is 82.0 cm³/mol.